The average molecular weight is 217 g/mol. The smallest absolute Gasteiger partial charge is 0.0613 e. The van der Waals surface area contributed by atoms with Crippen LogP contribution in [0.2, 0.25) is 0 Å². The average Bonchev–Trinajstić information content (AvgIpc) is 2.20. The number of hydrogen-bond donors (Lipinski definition) is 2. The fourth-order valence-electron chi connectivity index (χ4n) is 1.79. The number of aliphatic hydroxyl groups excluding tert-OH is 1. The summed E-state index contributed by atoms with van der Waals surface area (Å²) in [6.07, 6.45) is 4.35. The van der Waals surface area contributed by atoms with Crippen LogP contribution in [0, 0.1) is 0 Å². The fourth-order valence-corrected chi connectivity index (χ4v) is 1.79. The molecule has 0 aromatic carbocycles. The largest absolute Gasteiger partial charge is 0.394 e. The third-order valence-corrected chi connectivity index (χ3v) is 3.00. The molecular formula is C11H23NO3. The van der Waals surface area contributed by atoms with Crippen LogP contribution in [0.1, 0.15) is 25.7 Å². The van der Waals surface area contributed by atoms with Crippen LogP contribution in [-0.2, 0) is 9.47 Å². The van der Waals surface area contributed by atoms with Gasteiger partial charge in [-0.2, -0.15) is 0 Å². The van der Waals surface area contributed by atoms with Crippen LogP contribution in [0.25, 0.3) is 0 Å². The Hall–Kier alpha value is -0.160. The first-order valence-corrected chi connectivity index (χ1v) is 5.75. The van der Waals surface area contributed by atoms with E-state index in [0.717, 1.165) is 39.0 Å². The van der Waals surface area contributed by atoms with E-state index in [1.807, 2.05) is 0 Å². The lowest BCUT2D eigenvalue weighted by molar-refractivity contribution is 0.0652. The number of ether oxygens (including phenoxy) is 2. The normalized spacial score (nSPS) is 18.8. The standard InChI is InChI=1S/C11H23NO3/c1-14-7-3-8-15-9-6-12-11(10-13)4-2-5-11/h12-13H,2-10H2,1H3. The maximum absolute atomic E-state index is 9.19. The van der Waals surface area contributed by atoms with Crippen molar-refractivity contribution in [3.63, 3.8) is 0 Å². The molecule has 0 aromatic rings. The first-order valence-electron chi connectivity index (χ1n) is 5.75. The molecule has 0 spiro atoms. The SMILES string of the molecule is COCCCOCCNC1(CO)CCC1. The van der Waals surface area contributed by atoms with Gasteiger partial charge in [-0.15, -0.1) is 0 Å². The highest BCUT2D eigenvalue weighted by Crippen LogP contribution is 2.30. The molecular weight excluding hydrogens is 194 g/mol. The monoisotopic (exact) mass is 217 g/mol. The highest BCUT2D eigenvalue weighted by atomic mass is 16.5. The molecule has 1 fully saturated rings. The topological polar surface area (TPSA) is 50.7 Å². The van der Waals surface area contributed by atoms with Crippen LogP contribution in [0.3, 0.4) is 0 Å². The van der Waals surface area contributed by atoms with E-state index in [4.69, 9.17) is 9.47 Å². The van der Waals surface area contributed by atoms with Crippen molar-refractivity contribution in [1.82, 2.24) is 5.32 Å². The van der Waals surface area contributed by atoms with Gasteiger partial charge in [0, 0.05) is 32.4 Å². The van der Waals surface area contributed by atoms with E-state index in [1.54, 1.807) is 7.11 Å². The van der Waals surface area contributed by atoms with E-state index >= 15 is 0 Å². The quantitative estimate of drug-likeness (QED) is 0.554. The molecule has 0 radical (unpaired) electrons. The zero-order valence-electron chi connectivity index (χ0n) is 9.63. The third kappa shape index (κ3) is 4.47. The van der Waals surface area contributed by atoms with Crippen molar-refractivity contribution in [2.24, 2.45) is 0 Å². The predicted octanol–water partition coefficient (Wildman–Crippen LogP) is 0.544. The van der Waals surface area contributed by atoms with Gasteiger partial charge in [-0.1, -0.05) is 0 Å². The Kier molecular flexibility index (Phi) is 6.17. The summed E-state index contributed by atoms with van der Waals surface area (Å²) in [5.41, 5.74) is 0.00981. The Bertz CT molecular complexity index is 154. The number of nitrogens with one attached hydrogen (secondary N) is 1. The molecule has 1 aliphatic carbocycles. The molecule has 1 rings (SSSR count). The minimum Gasteiger partial charge on any atom is -0.394 e. The van der Waals surface area contributed by atoms with E-state index in [9.17, 15) is 5.11 Å². The lowest BCUT2D eigenvalue weighted by Gasteiger charge is -2.41. The van der Waals surface area contributed by atoms with Gasteiger partial charge < -0.3 is 19.9 Å². The molecule has 90 valence electrons. The highest BCUT2D eigenvalue weighted by Gasteiger charge is 2.35. The molecule has 4 heteroatoms. The van der Waals surface area contributed by atoms with Crippen molar-refractivity contribution in [2.45, 2.75) is 31.2 Å². The van der Waals surface area contributed by atoms with Crippen molar-refractivity contribution in [3.8, 4) is 0 Å². The maximum atomic E-state index is 9.19. The van der Waals surface area contributed by atoms with Gasteiger partial charge in [0.2, 0.25) is 0 Å². The summed E-state index contributed by atoms with van der Waals surface area (Å²) in [6.45, 7) is 3.30. The molecule has 0 bridgehead atoms. The summed E-state index contributed by atoms with van der Waals surface area (Å²) in [5, 5.41) is 12.6. The molecule has 0 amide bonds. The van der Waals surface area contributed by atoms with E-state index in [1.165, 1.54) is 6.42 Å². The summed E-state index contributed by atoms with van der Waals surface area (Å²) >= 11 is 0. The Morgan fingerprint density at radius 2 is 2.07 bits per heavy atom. The molecule has 0 unspecified atom stereocenters. The molecule has 0 saturated heterocycles. The summed E-state index contributed by atoms with van der Waals surface area (Å²) in [7, 11) is 1.70. The molecule has 2 N–H and O–H groups in total. The second kappa shape index (κ2) is 7.17. The number of methoxy groups -OCH3 is 1. The molecule has 0 heterocycles. The van der Waals surface area contributed by atoms with E-state index in [2.05, 4.69) is 5.32 Å². The lowest BCUT2D eigenvalue weighted by atomic mass is 9.77. The van der Waals surface area contributed by atoms with Gasteiger partial charge in [-0.3, -0.25) is 0 Å². The Morgan fingerprint density at radius 3 is 2.60 bits per heavy atom. The number of hydrogen-bond acceptors (Lipinski definition) is 4. The third-order valence-electron chi connectivity index (χ3n) is 3.00. The molecule has 0 atom stereocenters. The second-order valence-electron chi connectivity index (χ2n) is 4.18. The Balaban J connectivity index is 1.88. The molecule has 15 heavy (non-hydrogen) atoms. The summed E-state index contributed by atoms with van der Waals surface area (Å²) in [6, 6.07) is 0. The molecule has 0 aliphatic heterocycles. The summed E-state index contributed by atoms with van der Waals surface area (Å²) in [4.78, 5) is 0. The number of rotatable bonds is 9. The van der Waals surface area contributed by atoms with Crippen molar-refractivity contribution in [1.29, 1.82) is 0 Å². The van der Waals surface area contributed by atoms with Gasteiger partial charge in [0.05, 0.1) is 13.2 Å². The van der Waals surface area contributed by atoms with E-state index in [0.29, 0.717) is 6.61 Å². The second-order valence-corrected chi connectivity index (χ2v) is 4.18. The first-order chi connectivity index (χ1) is 7.33. The van der Waals surface area contributed by atoms with Crippen LogP contribution in [0.4, 0.5) is 0 Å². The van der Waals surface area contributed by atoms with Crippen molar-refractivity contribution in [3.05, 3.63) is 0 Å². The van der Waals surface area contributed by atoms with E-state index < -0.39 is 0 Å². The molecule has 4 nitrogen and oxygen atoms in total. The fraction of sp³-hybridized carbons (Fsp3) is 1.00. The zero-order chi connectivity index (χ0) is 11.0. The van der Waals surface area contributed by atoms with Crippen molar-refractivity contribution >= 4 is 0 Å². The van der Waals surface area contributed by atoms with Crippen LogP contribution in [0.5, 0.6) is 0 Å². The zero-order valence-corrected chi connectivity index (χ0v) is 9.63. The van der Waals surface area contributed by atoms with Gasteiger partial charge in [-0.25, -0.2) is 0 Å². The lowest BCUT2D eigenvalue weighted by Crippen LogP contribution is -2.54. The van der Waals surface area contributed by atoms with E-state index in [-0.39, 0.29) is 12.1 Å². The minimum absolute atomic E-state index is 0.00981. The van der Waals surface area contributed by atoms with Crippen molar-refractivity contribution in [2.75, 3.05) is 40.1 Å². The Labute approximate surface area is 92.0 Å². The summed E-state index contributed by atoms with van der Waals surface area (Å²) in [5.74, 6) is 0. The molecule has 0 aromatic heterocycles. The van der Waals surface area contributed by atoms with Gasteiger partial charge in [0.25, 0.3) is 0 Å². The predicted molar refractivity (Wildman–Crippen MR) is 59.0 cm³/mol. The van der Waals surface area contributed by atoms with Gasteiger partial charge in [0.1, 0.15) is 0 Å². The van der Waals surface area contributed by atoms with Gasteiger partial charge in [-0.05, 0) is 25.7 Å². The van der Waals surface area contributed by atoms with Crippen LogP contribution in [-0.4, -0.2) is 50.7 Å². The maximum Gasteiger partial charge on any atom is 0.0613 e. The molecule has 1 saturated carbocycles. The van der Waals surface area contributed by atoms with Crippen LogP contribution in [0.15, 0.2) is 0 Å². The van der Waals surface area contributed by atoms with Gasteiger partial charge in [0.15, 0.2) is 0 Å². The Morgan fingerprint density at radius 1 is 1.27 bits per heavy atom. The van der Waals surface area contributed by atoms with Crippen LogP contribution < -0.4 is 5.32 Å². The summed E-state index contributed by atoms with van der Waals surface area (Å²) < 4.78 is 10.3. The first kappa shape index (κ1) is 12.9. The van der Waals surface area contributed by atoms with Crippen molar-refractivity contribution < 1.29 is 14.6 Å². The van der Waals surface area contributed by atoms with Gasteiger partial charge >= 0.3 is 0 Å². The highest BCUT2D eigenvalue weighted by molar-refractivity contribution is 4.95. The van der Waals surface area contributed by atoms with Crippen LogP contribution >= 0.6 is 0 Å². The molecule has 1 aliphatic rings. The number of aliphatic hydroxyl groups is 1. The minimum atomic E-state index is 0.00981.